The molecule has 0 spiro atoms. The van der Waals surface area contributed by atoms with Gasteiger partial charge in [-0.15, -0.1) is 0 Å². The number of aromatic amines is 1. The number of imidazole rings is 1. The van der Waals surface area contributed by atoms with E-state index in [0.717, 1.165) is 0 Å². The number of halogens is 3. The van der Waals surface area contributed by atoms with Crippen LogP contribution in [0, 0.1) is 0 Å². The molecular weight excluding hydrogens is 207 g/mol. The quantitative estimate of drug-likeness (QED) is 0.797. The van der Waals surface area contributed by atoms with Gasteiger partial charge in [0.1, 0.15) is 5.82 Å². The predicted octanol–water partition coefficient (Wildman–Crippen LogP) is 1.88. The third-order valence-electron chi connectivity index (χ3n) is 2.18. The van der Waals surface area contributed by atoms with Gasteiger partial charge in [0, 0.05) is 31.3 Å². The van der Waals surface area contributed by atoms with Gasteiger partial charge in [0.2, 0.25) is 0 Å². The maximum absolute atomic E-state index is 12.0. The average Bonchev–Trinajstić information content (AvgIpc) is 2.63. The number of likely N-dealkylation sites (N-methyl/N-ethyl adjacent to an activating group) is 1. The molecule has 0 saturated heterocycles. The highest BCUT2D eigenvalue weighted by Crippen LogP contribution is 2.22. The molecule has 0 bridgehead atoms. The molecule has 1 heterocycles. The van der Waals surface area contributed by atoms with E-state index in [0.29, 0.717) is 12.2 Å². The third-order valence-corrected chi connectivity index (χ3v) is 2.18. The predicted molar refractivity (Wildman–Crippen MR) is 50.4 cm³/mol. The number of H-pyrrole nitrogens is 1. The van der Waals surface area contributed by atoms with Gasteiger partial charge in [-0.2, -0.15) is 13.2 Å². The first-order valence-electron chi connectivity index (χ1n) is 4.73. The first kappa shape index (κ1) is 12.0. The summed E-state index contributed by atoms with van der Waals surface area (Å²) in [5.41, 5.74) is 0. The van der Waals surface area contributed by atoms with Crippen LogP contribution in [0.4, 0.5) is 13.2 Å². The molecule has 0 fully saturated rings. The zero-order valence-electron chi connectivity index (χ0n) is 8.43. The lowest BCUT2D eigenvalue weighted by molar-refractivity contribution is -0.136. The molecule has 0 aliphatic carbocycles. The van der Waals surface area contributed by atoms with Crippen molar-refractivity contribution in [2.24, 2.45) is 0 Å². The van der Waals surface area contributed by atoms with Gasteiger partial charge in [-0.05, 0) is 13.5 Å². The Hall–Kier alpha value is -1.04. The van der Waals surface area contributed by atoms with Gasteiger partial charge in [0.25, 0.3) is 0 Å². The number of aromatic nitrogens is 2. The van der Waals surface area contributed by atoms with Gasteiger partial charge in [-0.25, -0.2) is 4.98 Å². The molecule has 15 heavy (non-hydrogen) atoms. The molecule has 0 radical (unpaired) electrons. The summed E-state index contributed by atoms with van der Waals surface area (Å²) < 4.78 is 35.9. The Morgan fingerprint density at radius 1 is 1.53 bits per heavy atom. The van der Waals surface area contributed by atoms with Crippen molar-refractivity contribution in [3.8, 4) is 0 Å². The molecule has 1 rings (SSSR count). The fourth-order valence-electron chi connectivity index (χ4n) is 1.33. The number of hydrogen-bond acceptors (Lipinski definition) is 2. The van der Waals surface area contributed by atoms with E-state index in [1.54, 1.807) is 19.4 Å². The summed E-state index contributed by atoms with van der Waals surface area (Å²) in [6.45, 7) is 0. The van der Waals surface area contributed by atoms with Crippen LogP contribution in [0.15, 0.2) is 12.4 Å². The first-order valence-corrected chi connectivity index (χ1v) is 4.73. The maximum Gasteiger partial charge on any atom is 0.389 e. The molecule has 0 saturated carbocycles. The van der Waals surface area contributed by atoms with Crippen LogP contribution >= 0.6 is 0 Å². The van der Waals surface area contributed by atoms with Gasteiger partial charge in [-0.1, -0.05) is 0 Å². The van der Waals surface area contributed by atoms with E-state index in [2.05, 4.69) is 15.3 Å². The Kier molecular flexibility index (Phi) is 4.14. The van der Waals surface area contributed by atoms with E-state index >= 15 is 0 Å². The van der Waals surface area contributed by atoms with Crippen molar-refractivity contribution in [3.63, 3.8) is 0 Å². The molecule has 86 valence electrons. The Labute approximate surface area is 86.1 Å². The molecule has 0 aliphatic heterocycles. The van der Waals surface area contributed by atoms with Crippen molar-refractivity contribution in [1.29, 1.82) is 0 Å². The van der Waals surface area contributed by atoms with Crippen LogP contribution in [0.1, 0.15) is 18.7 Å². The molecule has 1 aromatic heterocycles. The van der Waals surface area contributed by atoms with Crippen molar-refractivity contribution in [2.75, 3.05) is 7.05 Å². The Morgan fingerprint density at radius 2 is 2.27 bits per heavy atom. The van der Waals surface area contributed by atoms with E-state index in [4.69, 9.17) is 0 Å². The minimum Gasteiger partial charge on any atom is -0.349 e. The van der Waals surface area contributed by atoms with Gasteiger partial charge in [-0.3, -0.25) is 0 Å². The minimum atomic E-state index is -4.09. The van der Waals surface area contributed by atoms with Gasteiger partial charge >= 0.3 is 6.18 Å². The van der Waals surface area contributed by atoms with Crippen molar-refractivity contribution in [3.05, 3.63) is 18.2 Å². The monoisotopic (exact) mass is 221 g/mol. The Balaban J connectivity index is 2.36. The fourth-order valence-corrected chi connectivity index (χ4v) is 1.33. The lowest BCUT2D eigenvalue weighted by atomic mass is 10.1. The lowest BCUT2D eigenvalue weighted by Gasteiger charge is -2.15. The lowest BCUT2D eigenvalue weighted by Crippen LogP contribution is -2.29. The summed E-state index contributed by atoms with van der Waals surface area (Å²) >= 11 is 0. The van der Waals surface area contributed by atoms with E-state index in [1.807, 2.05) is 0 Å². The molecule has 1 aromatic rings. The van der Waals surface area contributed by atoms with Crippen LogP contribution < -0.4 is 5.32 Å². The second-order valence-electron chi connectivity index (χ2n) is 3.38. The third kappa shape index (κ3) is 4.83. The number of hydrogen-bond donors (Lipinski definition) is 2. The van der Waals surface area contributed by atoms with Crippen molar-refractivity contribution >= 4 is 0 Å². The number of nitrogens with one attached hydrogen (secondary N) is 2. The Bertz CT molecular complexity index is 269. The van der Waals surface area contributed by atoms with Crippen LogP contribution in [-0.4, -0.2) is 29.2 Å². The number of alkyl halides is 3. The molecule has 2 N–H and O–H groups in total. The zero-order chi connectivity index (χ0) is 11.3. The van der Waals surface area contributed by atoms with Crippen LogP contribution in [0.5, 0.6) is 0 Å². The summed E-state index contributed by atoms with van der Waals surface area (Å²) in [4.78, 5) is 6.84. The van der Waals surface area contributed by atoms with Gasteiger partial charge < -0.3 is 10.3 Å². The first-order chi connectivity index (χ1) is 7.01. The standard InChI is InChI=1S/C9H14F3N3/c1-13-7(2-3-9(10,11)12)6-8-14-4-5-15-8/h4-5,7,13H,2-3,6H2,1H3,(H,14,15). The average molecular weight is 221 g/mol. The largest absolute Gasteiger partial charge is 0.389 e. The second kappa shape index (κ2) is 5.16. The molecule has 3 nitrogen and oxygen atoms in total. The molecule has 1 atom stereocenters. The molecule has 0 aromatic carbocycles. The molecule has 0 aliphatic rings. The summed E-state index contributed by atoms with van der Waals surface area (Å²) in [5, 5.41) is 2.85. The number of rotatable bonds is 5. The fraction of sp³-hybridized carbons (Fsp3) is 0.667. The van der Waals surface area contributed by atoms with Crippen LogP contribution in [-0.2, 0) is 6.42 Å². The summed E-state index contributed by atoms with van der Waals surface area (Å²) in [6, 6.07) is -0.197. The van der Waals surface area contributed by atoms with Crippen LogP contribution in [0.25, 0.3) is 0 Å². The SMILES string of the molecule is CNC(CCC(F)(F)F)Cc1ncc[nH]1. The van der Waals surface area contributed by atoms with Crippen molar-refractivity contribution < 1.29 is 13.2 Å². The van der Waals surface area contributed by atoms with E-state index in [9.17, 15) is 13.2 Å². The highest BCUT2D eigenvalue weighted by atomic mass is 19.4. The second-order valence-corrected chi connectivity index (χ2v) is 3.38. The molecule has 6 heteroatoms. The van der Waals surface area contributed by atoms with Crippen molar-refractivity contribution in [2.45, 2.75) is 31.5 Å². The Morgan fingerprint density at radius 3 is 2.73 bits per heavy atom. The smallest absolute Gasteiger partial charge is 0.349 e. The molecule has 1 unspecified atom stereocenters. The highest BCUT2D eigenvalue weighted by Gasteiger charge is 2.28. The maximum atomic E-state index is 12.0. The summed E-state index contributed by atoms with van der Waals surface area (Å²) in [5.74, 6) is 0.705. The summed E-state index contributed by atoms with van der Waals surface area (Å²) in [6.07, 6.45) is -1.05. The summed E-state index contributed by atoms with van der Waals surface area (Å²) in [7, 11) is 1.66. The minimum absolute atomic E-state index is 0.0701. The van der Waals surface area contributed by atoms with Gasteiger partial charge in [0.05, 0.1) is 0 Å². The number of nitrogens with zero attached hydrogens (tertiary/aromatic N) is 1. The van der Waals surface area contributed by atoms with Gasteiger partial charge in [0.15, 0.2) is 0 Å². The van der Waals surface area contributed by atoms with E-state index in [1.165, 1.54) is 0 Å². The molecular formula is C9H14F3N3. The zero-order valence-corrected chi connectivity index (χ0v) is 8.43. The normalized spacial score (nSPS) is 14.1. The molecule has 0 amide bonds. The van der Waals surface area contributed by atoms with Crippen LogP contribution in [0.2, 0.25) is 0 Å². The van der Waals surface area contributed by atoms with E-state index < -0.39 is 12.6 Å². The topological polar surface area (TPSA) is 40.7 Å². The van der Waals surface area contributed by atoms with Crippen molar-refractivity contribution in [1.82, 2.24) is 15.3 Å². The van der Waals surface area contributed by atoms with E-state index in [-0.39, 0.29) is 12.5 Å². The highest BCUT2D eigenvalue weighted by molar-refractivity contribution is 4.91. The van der Waals surface area contributed by atoms with Crippen LogP contribution in [0.3, 0.4) is 0 Å².